The maximum absolute atomic E-state index is 11.2. The number of aliphatic carboxylic acids is 1. The molecule has 6 nitrogen and oxygen atoms in total. The lowest BCUT2D eigenvalue weighted by atomic mass is 10.1. The van der Waals surface area contributed by atoms with Crippen molar-refractivity contribution >= 4 is 82.1 Å². The highest BCUT2D eigenvalue weighted by Crippen LogP contribution is 2.24. The largest absolute Gasteiger partial charge is 0.481 e. The Balaban J connectivity index is 0.000000278. The number of carbonyl (C=O) groups excluding carboxylic acids is 1. The van der Waals surface area contributed by atoms with Gasteiger partial charge in [-0.1, -0.05) is 85.6 Å². The Labute approximate surface area is 273 Å². The standard InChI is InChI=1S/C18H23NO2.C16H19NO2.I2/c1-2-21-18(20)13-4-3-7-14-19-17-12-8-10-15-9-5-6-11-16(15)17;18-16(19)11-2-1-5-12-17-15-10-6-8-13-7-3-4-9-14(13)15;1-2/h5-6,8-12,19H,2-4,7,13-14H2,1H3;3-4,6-10,17H,1-2,5,11-12H2,(H,18,19);. The number of fused-ring (bicyclic) bond motifs is 2. The molecule has 0 aliphatic rings. The lowest BCUT2D eigenvalue weighted by Crippen LogP contribution is -2.05. The molecule has 0 saturated heterocycles. The number of halogens is 2. The minimum Gasteiger partial charge on any atom is -0.481 e. The molecule has 42 heavy (non-hydrogen) atoms. The van der Waals surface area contributed by atoms with E-state index in [2.05, 4.69) is 121 Å². The van der Waals surface area contributed by atoms with E-state index >= 15 is 0 Å². The quantitative estimate of drug-likeness (QED) is 0.0631. The molecule has 4 rings (SSSR count). The Morgan fingerprint density at radius 1 is 0.643 bits per heavy atom. The predicted molar refractivity (Wildman–Crippen MR) is 194 cm³/mol. The van der Waals surface area contributed by atoms with Gasteiger partial charge in [0.15, 0.2) is 0 Å². The van der Waals surface area contributed by atoms with Gasteiger partial charge >= 0.3 is 11.9 Å². The maximum Gasteiger partial charge on any atom is 0.305 e. The van der Waals surface area contributed by atoms with E-state index in [1.807, 2.05) is 19.1 Å². The molecule has 0 aliphatic heterocycles. The SMILES string of the molecule is CCOC(=O)CCCCCNc1cccc2ccccc12.II.O=C(O)CCCCCNc1cccc2ccccc12. The van der Waals surface area contributed by atoms with Gasteiger partial charge in [-0.05, 0) is 55.5 Å². The lowest BCUT2D eigenvalue weighted by molar-refractivity contribution is -0.143. The van der Waals surface area contributed by atoms with Gasteiger partial charge in [0.05, 0.1) is 6.61 Å². The molecule has 4 aromatic rings. The lowest BCUT2D eigenvalue weighted by Gasteiger charge is -2.09. The molecule has 0 unspecified atom stereocenters. The normalized spacial score (nSPS) is 10.2. The first-order valence-electron chi connectivity index (χ1n) is 14.5. The van der Waals surface area contributed by atoms with Crippen molar-refractivity contribution in [2.24, 2.45) is 0 Å². The van der Waals surface area contributed by atoms with Crippen LogP contribution < -0.4 is 10.6 Å². The third-order valence-corrected chi connectivity index (χ3v) is 6.64. The highest BCUT2D eigenvalue weighted by atomic mass is 128. The summed E-state index contributed by atoms with van der Waals surface area (Å²) in [5, 5.41) is 20.4. The number of carboxylic acid groups (broad SMARTS) is 1. The van der Waals surface area contributed by atoms with Crippen molar-refractivity contribution in [1.29, 1.82) is 0 Å². The number of ether oxygens (including phenoxy) is 1. The first-order valence-corrected chi connectivity index (χ1v) is 20.8. The predicted octanol–water partition coefficient (Wildman–Crippen LogP) is 10.0. The third kappa shape index (κ3) is 13.6. The Morgan fingerprint density at radius 2 is 1.10 bits per heavy atom. The van der Waals surface area contributed by atoms with Crippen LogP contribution in [-0.4, -0.2) is 36.7 Å². The zero-order valence-electron chi connectivity index (χ0n) is 24.3. The third-order valence-electron chi connectivity index (χ3n) is 6.64. The van der Waals surface area contributed by atoms with Gasteiger partial charge in [-0.15, -0.1) is 0 Å². The molecular weight excluding hydrogens is 754 g/mol. The highest BCUT2D eigenvalue weighted by molar-refractivity contribution is 15.0. The van der Waals surface area contributed by atoms with E-state index in [0.29, 0.717) is 13.0 Å². The summed E-state index contributed by atoms with van der Waals surface area (Å²) in [6.45, 7) is 4.12. The summed E-state index contributed by atoms with van der Waals surface area (Å²) >= 11 is 4.24. The van der Waals surface area contributed by atoms with Crippen molar-refractivity contribution < 1.29 is 19.4 Å². The van der Waals surface area contributed by atoms with Gasteiger partial charge in [-0.3, -0.25) is 9.59 Å². The van der Waals surface area contributed by atoms with Crippen LogP contribution in [0.3, 0.4) is 0 Å². The van der Waals surface area contributed by atoms with Gasteiger partial charge in [0.1, 0.15) is 0 Å². The summed E-state index contributed by atoms with van der Waals surface area (Å²) in [6, 6.07) is 29.2. The number of hydrogen-bond acceptors (Lipinski definition) is 5. The van der Waals surface area contributed by atoms with E-state index in [1.165, 1.54) is 27.2 Å². The molecule has 0 spiro atoms. The fraction of sp³-hybridized carbons (Fsp3) is 0.353. The number of rotatable bonds is 15. The number of unbranched alkanes of at least 4 members (excludes halogenated alkanes) is 4. The Kier molecular flexibility index (Phi) is 18.7. The number of carbonyl (C=O) groups is 2. The van der Waals surface area contributed by atoms with Gasteiger partial charge in [0, 0.05) is 85.3 Å². The summed E-state index contributed by atoms with van der Waals surface area (Å²) in [5.74, 6) is -0.790. The van der Waals surface area contributed by atoms with Crippen LogP contribution in [0.15, 0.2) is 84.9 Å². The smallest absolute Gasteiger partial charge is 0.305 e. The van der Waals surface area contributed by atoms with Crippen LogP contribution in [0.25, 0.3) is 21.5 Å². The van der Waals surface area contributed by atoms with Gasteiger partial charge in [-0.25, -0.2) is 0 Å². The molecular formula is C34H42I2N2O4. The van der Waals surface area contributed by atoms with Crippen LogP contribution >= 0.6 is 37.2 Å². The van der Waals surface area contributed by atoms with E-state index < -0.39 is 5.97 Å². The van der Waals surface area contributed by atoms with Crippen molar-refractivity contribution in [2.75, 3.05) is 30.3 Å². The zero-order valence-corrected chi connectivity index (χ0v) is 28.6. The molecule has 0 amide bonds. The molecule has 4 aromatic carbocycles. The van der Waals surface area contributed by atoms with E-state index in [-0.39, 0.29) is 12.4 Å². The van der Waals surface area contributed by atoms with Crippen molar-refractivity contribution in [3.05, 3.63) is 84.9 Å². The van der Waals surface area contributed by atoms with Crippen molar-refractivity contribution in [2.45, 2.75) is 58.3 Å². The Hall–Kier alpha value is -2.60. The average Bonchev–Trinajstić information content (AvgIpc) is 3.02. The molecule has 0 bridgehead atoms. The summed E-state index contributed by atoms with van der Waals surface area (Å²) in [5.41, 5.74) is 2.33. The van der Waals surface area contributed by atoms with Crippen LogP contribution in [0, 0.1) is 0 Å². The maximum atomic E-state index is 11.2. The van der Waals surface area contributed by atoms with E-state index in [1.54, 1.807) is 0 Å². The molecule has 0 radical (unpaired) electrons. The summed E-state index contributed by atoms with van der Waals surface area (Å²) in [6.07, 6.45) is 6.50. The van der Waals surface area contributed by atoms with Crippen LogP contribution in [-0.2, 0) is 14.3 Å². The average molecular weight is 797 g/mol. The molecule has 3 N–H and O–H groups in total. The van der Waals surface area contributed by atoms with Crippen LogP contribution in [0.2, 0.25) is 0 Å². The van der Waals surface area contributed by atoms with Gasteiger partial charge in [0.25, 0.3) is 0 Å². The zero-order chi connectivity index (χ0) is 30.4. The van der Waals surface area contributed by atoms with Gasteiger partial charge < -0.3 is 20.5 Å². The topological polar surface area (TPSA) is 87.7 Å². The molecule has 0 aliphatic carbocycles. The van der Waals surface area contributed by atoms with Crippen molar-refractivity contribution in [3.63, 3.8) is 0 Å². The summed E-state index contributed by atoms with van der Waals surface area (Å²) in [4.78, 5) is 21.6. The van der Waals surface area contributed by atoms with E-state index in [9.17, 15) is 9.59 Å². The van der Waals surface area contributed by atoms with Crippen LogP contribution in [0.5, 0.6) is 0 Å². The second-order valence-corrected chi connectivity index (χ2v) is 9.73. The summed E-state index contributed by atoms with van der Waals surface area (Å²) in [7, 11) is 0. The van der Waals surface area contributed by atoms with Gasteiger partial charge in [-0.2, -0.15) is 0 Å². The molecule has 8 heteroatoms. The van der Waals surface area contributed by atoms with Gasteiger partial charge in [0.2, 0.25) is 0 Å². The number of hydrogen-bond donors (Lipinski definition) is 3. The van der Waals surface area contributed by atoms with Crippen LogP contribution in [0.4, 0.5) is 11.4 Å². The fourth-order valence-corrected chi connectivity index (χ4v) is 4.59. The number of nitrogens with one attached hydrogen (secondary N) is 2. The first kappa shape index (κ1) is 35.6. The Morgan fingerprint density at radius 3 is 1.57 bits per heavy atom. The number of carboxylic acids is 1. The number of benzene rings is 4. The molecule has 0 heterocycles. The van der Waals surface area contributed by atoms with E-state index in [0.717, 1.165) is 57.3 Å². The monoisotopic (exact) mass is 796 g/mol. The molecule has 226 valence electrons. The summed E-state index contributed by atoms with van der Waals surface area (Å²) < 4.78 is 4.91. The minimum absolute atomic E-state index is 0.0838. The molecule has 0 saturated carbocycles. The van der Waals surface area contributed by atoms with Crippen LogP contribution in [0.1, 0.15) is 58.3 Å². The Bertz CT molecular complexity index is 1340. The highest BCUT2D eigenvalue weighted by Gasteiger charge is 2.02. The van der Waals surface area contributed by atoms with Crippen molar-refractivity contribution in [1.82, 2.24) is 0 Å². The molecule has 0 atom stereocenters. The second-order valence-electron chi connectivity index (χ2n) is 9.73. The molecule has 0 fully saturated rings. The van der Waals surface area contributed by atoms with Crippen molar-refractivity contribution in [3.8, 4) is 0 Å². The first-order chi connectivity index (χ1) is 20.6. The number of anilines is 2. The second kappa shape index (κ2) is 22.0. The van der Waals surface area contributed by atoms with E-state index in [4.69, 9.17) is 9.84 Å². The number of esters is 1. The molecule has 0 aromatic heterocycles. The fourth-order valence-electron chi connectivity index (χ4n) is 4.59. The minimum atomic E-state index is -0.706.